The Morgan fingerprint density at radius 2 is 1.75 bits per heavy atom. The highest BCUT2D eigenvalue weighted by molar-refractivity contribution is 6.42. The first-order valence-electron chi connectivity index (χ1n) is 7.41. The van der Waals surface area contributed by atoms with Gasteiger partial charge in [0, 0.05) is 11.6 Å². The molecule has 2 aromatic carbocycles. The fourth-order valence-electron chi connectivity index (χ4n) is 2.29. The molecule has 0 aliphatic rings. The first kappa shape index (κ1) is 18.4. The van der Waals surface area contributed by atoms with Crippen molar-refractivity contribution in [3.8, 4) is 11.5 Å². The standard InChI is InChI=1S/C18H19Cl2NO3/c1-11(8-12-4-7-16(23-2)17(9-12)24-3)18(22)21-13-5-6-14(19)15(20)10-13/h4-7,9-11H,8H2,1-3H3,(H,21,22). The van der Waals surface area contributed by atoms with Crippen molar-refractivity contribution in [2.75, 3.05) is 19.5 Å². The number of ether oxygens (including phenoxy) is 2. The number of amides is 1. The van der Waals surface area contributed by atoms with Crippen LogP contribution < -0.4 is 14.8 Å². The van der Waals surface area contributed by atoms with Crippen LogP contribution in [0.3, 0.4) is 0 Å². The summed E-state index contributed by atoms with van der Waals surface area (Å²) in [5.41, 5.74) is 1.61. The second-order valence-corrected chi connectivity index (χ2v) is 6.23. The summed E-state index contributed by atoms with van der Waals surface area (Å²) in [4.78, 5) is 12.3. The number of carbonyl (C=O) groups excluding carboxylic acids is 1. The van der Waals surface area contributed by atoms with Crippen molar-refractivity contribution in [2.24, 2.45) is 5.92 Å². The zero-order valence-corrected chi connectivity index (χ0v) is 15.2. The van der Waals surface area contributed by atoms with Gasteiger partial charge in [0.1, 0.15) is 0 Å². The molecule has 0 fully saturated rings. The van der Waals surface area contributed by atoms with Crippen LogP contribution in [0.25, 0.3) is 0 Å². The normalized spacial score (nSPS) is 11.7. The summed E-state index contributed by atoms with van der Waals surface area (Å²) >= 11 is 11.8. The predicted molar refractivity (Wildman–Crippen MR) is 97.5 cm³/mol. The van der Waals surface area contributed by atoms with Crippen molar-refractivity contribution >= 4 is 34.8 Å². The molecule has 6 heteroatoms. The minimum atomic E-state index is -0.224. The topological polar surface area (TPSA) is 47.6 Å². The van der Waals surface area contributed by atoms with Crippen molar-refractivity contribution in [3.63, 3.8) is 0 Å². The van der Waals surface area contributed by atoms with Gasteiger partial charge in [-0.15, -0.1) is 0 Å². The maximum Gasteiger partial charge on any atom is 0.227 e. The van der Waals surface area contributed by atoms with E-state index in [1.54, 1.807) is 32.4 Å². The Balaban J connectivity index is 2.04. The average Bonchev–Trinajstić information content (AvgIpc) is 2.57. The molecule has 128 valence electrons. The van der Waals surface area contributed by atoms with Crippen LogP contribution in [0.1, 0.15) is 12.5 Å². The van der Waals surface area contributed by atoms with E-state index in [0.717, 1.165) is 5.56 Å². The summed E-state index contributed by atoms with van der Waals surface area (Å²) in [6.45, 7) is 1.86. The molecule has 1 amide bonds. The second-order valence-electron chi connectivity index (χ2n) is 5.41. The molecule has 0 spiro atoms. The Labute approximate surface area is 151 Å². The number of hydrogen-bond acceptors (Lipinski definition) is 3. The molecule has 0 saturated carbocycles. The number of rotatable bonds is 6. The van der Waals surface area contributed by atoms with Crippen LogP contribution in [0.5, 0.6) is 11.5 Å². The monoisotopic (exact) mass is 367 g/mol. The van der Waals surface area contributed by atoms with Crippen LogP contribution in [0.4, 0.5) is 5.69 Å². The van der Waals surface area contributed by atoms with Crippen molar-refractivity contribution < 1.29 is 14.3 Å². The zero-order chi connectivity index (χ0) is 17.7. The lowest BCUT2D eigenvalue weighted by Gasteiger charge is -2.14. The third kappa shape index (κ3) is 4.56. The van der Waals surface area contributed by atoms with Crippen LogP contribution >= 0.6 is 23.2 Å². The van der Waals surface area contributed by atoms with Crippen LogP contribution in [-0.4, -0.2) is 20.1 Å². The molecule has 1 unspecified atom stereocenters. The number of carbonyl (C=O) groups is 1. The molecule has 24 heavy (non-hydrogen) atoms. The van der Waals surface area contributed by atoms with E-state index in [1.165, 1.54) is 0 Å². The first-order valence-corrected chi connectivity index (χ1v) is 8.17. The Morgan fingerprint density at radius 1 is 1.04 bits per heavy atom. The molecule has 0 saturated heterocycles. The van der Waals surface area contributed by atoms with Gasteiger partial charge in [-0.1, -0.05) is 36.2 Å². The summed E-state index contributed by atoms with van der Waals surface area (Å²) in [5.74, 6) is 0.988. The summed E-state index contributed by atoms with van der Waals surface area (Å²) in [7, 11) is 3.17. The molecule has 2 aromatic rings. The van der Waals surface area contributed by atoms with E-state index in [2.05, 4.69) is 5.32 Å². The smallest absolute Gasteiger partial charge is 0.227 e. The molecule has 0 aliphatic carbocycles. The molecule has 4 nitrogen and oxygen atoms in total. The molecule has 2 rings (SSSR count). The molecular formula is C18H19Cl2NO3. The number of anilines is 1. The third-order valence-corrected chi connectivity index (χ3v) is 4.36. The number of methoxy groups -OCH3 is 2. The largest absolute Gasteiger partial charge is 0.493 e. The quantitative estimate of drug-likeness (QED) is 0.795. The fraction of sp³-hybridized carbons (Fsp3) is 0.278. The van der Waals surface area contributed by atoms with Crippen LogP contribution in [0.2, 0.25) is 10.0 Å². The summed E-state index contributed by atoms with van der Waals surface area (Å²) in [6, 6.07) is 10.6. The van der Waals surface area contributed by atoms with E-state index in [1.807, 2.05) is 25.1 Å². The highest BCUT2D eigenvalue weighted by atomic mass is 35.5. The molecule has 0 bridgehead atoms. The van der Waals surface area contributed by atoms with Gasteiger partial charge in [-0.05, 0) is 42.3 Å². The SMILES string of the molecule is COc1ccc(CC(C)C(=O)Nc2ccc(Cl)c(Cl)c2)cc1OC. The van der Waals surface area contributed by atoms with Crippen LogP contribution in [-0.2, 0) is 11.2 Å². The van der Waals surface area contributed by atoms with Gasteiger partial charge in [0.2, 0.25) is 5.91 Å². The fourth-order valence-corrected chi connectivity index (χ4v) is 2.59. The van der Waals surface area contributed by atoms with Crippen LogP contribution in [0, 0.1) is 5.92 Å². The zero-order valence-electron chi connectivity index (χ0n) is 13.7. The second kappa shape index (κ2) is 8.27. The summed E-state index contributed by atoms with van der Waals surface area (Å²) < 4.78 is 10.5. The minimum Gasteiger partial charge on any atom is -0.493 e. The molecule has 0 aliphatic heterocycles. The minimum absolute atomic E-state index is 0.0943. The molecule has 1 atom stereocenters. The van der Waals surface area contributed by atoms with Gasteiger partial charge in [-0.3, -0.25) is 4.79 Å². The van der Waals surface area contributed by atoms with Crippen molar-refractivity contribution in [2.45, 2.75) is 13.3 Å². The third-order valence-electron chi connectivity index (χ3n) is 3.62. The van der Waals surface area contributed by atoms with Crippen molar-refractivity contribution in [1.29, 1.82) is 0 Å². The van der Waals surface area contributed by atoms with Crippen LogP contribution in [0.15, 0.2) is 36.4 Å². The lowest BCUT2D eigenvalue weighted by molar-refractivity contribution is -0.119. The molecule has 0 heterocycles. The highest BCUT2D eigenvalue weighted by Gasteiger charge is 2.15. The highest BCUT2D eigenvalue weighted by Crippen LogP contribution is 2.29. The maximum atomic E-state index is 12.3. The van der Waals surface area contributed by atoms with E-state index in [-0.39, 0.29) is 11.8 Å². The maximum absolute atomic E-state index is 12.3. The Morgan fingerprint density at radius 3 is 2.38 bits per heavy atom. The lowest BCUT2D eigenvalue weighted by atomic mass is 10.00. The van der Waals surface area contributed by atoms with Gasteiger partial charge < -0.3 is 14.8 Å². The molecule has 0 radical (unpaired) electrons. The molecular weight excluding hydrogens is 349 g/mol. The summed E-state index contributed by atoms with van der Waals surface area (Å²) in [6.07, 6.45) is 0.577. The van der Waals surface area contributed by atoms with Gasteiger partial charge in [0.05, 0.1) is 24.3 Å². The van der Waals surface area contributed by atoms with Gasteiger partial charge in [-0.2, -0.15) is 0 Å². The number of halogens is 2. The Hall–Kier alpha value is -1.91. The molecule has 0 aromatic heterocycles. The van der Waals surface area contributed by atoms with Crippen molar-refractivity contribution in [1.82, 2.24) is 0 Å². The van der Waals surface area contributed by atoms with Gasteiger partial charge >= 0.3 is 0 Å². The van der Waals surface area contributed by atoms with Gasteiger partial charge in [0.25, 0.3) is 0 Å². The van der Waals surface area contributed by atoms with E-state index >= 15 is 0 Å². The molecule has 1 N–H and O–H groups in total. The number of hydrogen-bond donors (Lipinski definition) is 1. The van der Waals surface area contributed by atoms with E-state index in [0.29, 0.717) is 33.7 Å². The van der Waals surface area contributed by atoms with Crippen molar-refractivity contribution in [3.05, 3.63) is 52.0 Å². The Bertz CT molecular complexity index is 734. The number of benzene rings is 2. The average molecular weight is 368 g/mol. The predicted octanol–water partition coefficient (Wildman–Crippen LogP) is 4.83. The number of nitrogens with one attached hydrogen (secondary N) is 1. The Kier molecular flexibility index (Phi) is 6.35. The first-order chi connectivity index (χ1) is 11.4. The van der Waals surface area contributed by atoms with E-state index in [9.17, 15) is 4.79 Å². The lowest BCUT2D eigenvalue weighted by Crippen LogP contribution is -2.22. The van der Waals surface area contributed by atoms with Gasteiger partial charge in [0.15, 0.2) is 11.5 Å². The summed E-state index contributed by atoms with van der Waals surface area (Å²) in [5, 5.41) is 3.70. The van der Waals surface area contributed by atoms with E-state index < -0.39 is 0 Å². The van der Waals surface area contributed by atoms with Gasteiger partial charge in [-0.25, -0.2) is 0 Å². The van der Waals surface area contributed by atoms with E-state index in [4.69, 9.17) is 32.7 Å².